The topological polar surface area (TPSA) is 58.0 Å². The molecule has 0 amide bonds. The van der Waals surface area contributed by atoms with Gasteiger partial charge in [0, 0.05) is 12.6 Å². The Balaban J connectivity index is 2.00. The second-order valence-electron chi connectivity index (χ2n) is 4.24. The van der Waals surface area contributed by atoms with Gasteiger partial charge >= 0.3 is 6.18 Å². The lowest BCUT2D eigenvalue weighted by Crippen LogP contribution is -2.14. The van der Waals surface area contributed by atoms with Crippen molar-refractivity contribution in [3.63, 3.8) is 0 Å². The number of phenols is 1. The van der Waals surface area contributed by atoms with Crippen LogP contribution in [0.15, 0.2) is 30.3 Å². The van der Waals surface area contributed by atoms with Gasteiger partial charge in [-0.2, -0.15) is 13.2 Å². The summed E-state index contributed by atoms with van der Waals surface area (Å²) in [6, 6.07) is 7.77. The summed E-state index contributed by atoms with van der Waals surface area (Å²) in [5.41, 5.74) is 0.927. The molecule has 0 aliphatic rings. The second-order valence-corrected chi connectivity index (χ2v) is 4.63. The number of halogens is 4. The normalized spacial score (nSPS) is 11.4. The number of aromatic hydroxyl groups is 1. The van der Waals surface area contributed by atoms with E-state index in [4.69, 9.17) is 16.7 Å². The molecule has 8 heteroatoms. The maximum absolute atomic E-state index is 12.5. The first kappa shape index (κ1) is 15.4. The molecule has 0 spiro atoms. The molecule has 4 nitrogen and oxygen atoms in total. The van der Waals surface area contributed by atoms with Gasteiger partial charge in [0.05, 0.1) is 0 Å². The molecule has 2 rings (SSSR count). The van der Waals surface area contributed by atoms with Crippen LogP contribution in [0.4, 0.5) is 19.0 Å². The first-order valence-corrected chi connectivity index (χ1v) is 6.36. The molecule has 0 aliphatic heterocycles. The van der Waals surface area contributed by atoms with Crippen LogP contribution in [-0.4, -0.2) is 21.6 Å². The molecule has 0 saturated carbocycles. The van der Waals surface area contributed by atoms with E-state index in [9.17, 15) is 13.2 Å². The van der Waals surface area contributed by atoms with E-state index in [1.807, 2.05) is 0 Å². The van der Waals surface area contributed by atoms with Gasteiger partial charge in [0.2, 0.25) is 5.82 Å². The molecule has 0 bridgehead atoms. The highest BCUT2D eigenvalue weighted by Gasteiger charge is 2.35. The Morgan fingerprint density at radius 3 is 2.43 bits per heavy atom. The summed E-state index contributed by atoms with van der Waals surface area (Å²) in [6.45, 7) is 0.370. The Morgan fingerprint density at radius 2 is 1.81 bits per heavy atom. The first-order chi connectivity index (χ1) is 9.84. The highest BCUT2D eigenvalue weighted by atomic mass is 35.5. The standard InChI is InChI=1S/C13H11ClF3N3O/c14-10-7-11(20-12(19-10)13(15,16)17)18-6-5-8-1-3-9(21)4-2-8/h1-4,7,21H,5-6H2,(H,18,19,20). The van der Waals surface area contributed by atoms with E-state index in [0.29, 0.717) is 13.0 Å². The van der Waals surface area contributed by atoms with Crippen LogP contribution in [0.2, 0.25) is 5.15 Å². The van der Waals surface area contributed by atoms with Crippen molar-refractivity contribution in [3.8, 4) is 5.75 Å². The molecule has 112 valence electrons. The minimum atomic E-state index is -4.64. The Morgan fingerprint density at radius 1 is 1.14 bits per heavy atom. The Labute approximate surface area is 123 Å². The van der Waals surface area contributed by atoms with Gasteiger partial charge in [0.25, 0.3) is 0 Å². The largest absolute Gasteiger partial charge is 0.508 e. The monoisotopic (exact) mass is 317 g/mol. The number of nitrogens with zero attached hydrogens (tertiary/aromatic N) is 2. The Kier molecular flexibility index (Phi) is 4.52. The summed E-state index contributed by atoms with van der Waals surface area (Å²) < 4.78 is 37.6. The van der Waals surface area contributed by atoms with E-state index in [0.717, 1.165) is 5.56 Å². The minimum Gasteiger partial charge on any atom is -0.508 e. The van der Waals surface area contributed by atoms with Gasteiger partial charge < -0.3 is 10.4 Å². The lowest BCUT2D eigenvalue weighted by Gasteiger charge is -2.09. The van der Waals surface area contributed by atoms with Crippen molar-refractivity contribution in [2.75, 3.05) is 11.9 Å². The van der Waals surface area contributed by atoms with Crippen molar-refractivity contribution in [1.29, 1.82) is 0 Å². The van der Waals surface area contributed by atoms with Gasteiger partial charge in [-0.1, -0.05) is 23.7 Å². The molecule has 2 aromatic rings. The SMILES string of the molecule is Oc1ccc(CCNc2cc(Cl)nc(C(F)(F)F)n2)cc1. The molecule has 0 unspecified atom stereocenters. The average Bonchev–Trinajstić information content (AvgIpc) is 2.39. The zero-order valence-corrected chi connectivity index (χ0v) is 11.4. The van der Waals surface area contributed by atoms with Gasteiger partial charge in [-0.15, -0.1) is 0 Å². The summed E-state index contributed by atoms with van der Waals surface area (Å²) in [5.74, 6) is -1.10. The molecule has 1 heterocycles. The predicted octanol–water partition coefficient (Wildman–Crippen LogP) is 3.51. The van der Waals surface area contributed by atoms with Gasteiger partial charge in [0.1, 0.15) is 16.7 Å². The lowest BCUT2D eigenvalue weighted by atomic mass is 10.1. The first-order valence-electron chi connectivity index (χ1n) is 5.98. The molecule has 1 aromatic heterocycles. The summed E-state index contributed by atoms with van der Waals surface area (Å²) in [5, 5.41) is 11.6. The third-order valence-electron chi connectivity index (χ3n) is 2.60. The summed E-state index contributed by atoms with van der Waals surface area (Å²) in [4.78, 5) is 6.52. The molecule has 1 aromatic carbocycles. The van der Waals surface area contributed by atoms with Crippen LogP contribution < -0.4 is 5.32 Å². The second kappa shape index (κ2) is 6.17. The molecule has 0 atom stereocenters. The van der Waals surface area contributed by atoms with Gasteiger partial charge in [-0.25, -0.2) is 9.97 Å². The van der Waals surface area contributed by atoms with Crippen molar-refractivity contribution in [2.45, 2.75) is 12.6 Å². The van der Waals surface area contributed by atoms with Crippen LogP contribution in [0, 0.1) is 0 Å². The number of rotatable bonds is 4. The van der Waals surface area contributed by atoms with Crippen LogP contribution in [0.1, 0.15) is 11.4 Å². The fourth-order valence-corrected chi connectivity index (χ4v) is 1.82. The van der Waals surface area contributed by atoms with E-state index in [2.05, 4.69) is 15.3 Å². The molecular weight excluding hydrogens is 307 g/mol. The molecule has 21 heavy (non-hydrogen) atoms. The van der Waals surface area contributed by atoms with E-state index in [1.165, 1.54) is 6.07 Å². The minimum absolute atomic E-state index is 0.0149. The number of anilines is 1. The summed E-state index contributed by atoms with van der Waals surface area (Å²) >= 11 is 5.55. The maximum atomic E-state index is 12.5. The summed E-state index contributed by atoms with van der Waals surface area (Å²) in [6.07, 6.45) is -4.08. The van der Waals surface area contributed by atoms with Gasteiger partial charge in [0.15, 0.2) is 0 Å². The van der Waals surface area contributed by atoms with Crippen LogP contribution >= 0.6 is 11.6 Å². The number of aromatic nitrogens is 2. The average molecular weight is 318 g/mol. The fraction of sp³-hybridized carbons (Fsp3) is 0.231. The number of phenolic OH excluding ortho intramolecular Hbond substituents is 1. The Bertz CT molecular complexity index is 617. The smallest absolute Gasteiger partial charge is 0.451 e. The highest BCUT2D eigenvalue weighted by molar-refractivity contribution is 6.29. The van der Waals surface area contributed by atoms with Crippen LogP contribution in [0.25, 0.3) is 0 Å². The fourth-order valence-electron chi connectivity index (χ4n) is 1.63. The highest BCUT2D eigenvalue weighted by Crippen LogP contribution is 2.28. The van der Waals surface area contributed by atoms with Crippen LogP contribution in [0.3, 0.4) is 0 Å². The zero-order valence-electron chi connectivity index (χ0n) is 10.7. The third kappa shape index (κ3) is 4.49. The van der Waals surface area contributed by atoms with Gasteiger partial charge in [-0.05, 0) is 24.1 Å². The molecule has 0 radical (unpaired) electrons. The lowest BCUT2D eigenvalue weighted by molar-refractivity contribution is -0.144. The van der Waals surface area contributed by atoms with Gasteiger partial charge in [-0.3, -0.25) is 0 Å². The van der Waals surface area contributed by atoms with Crippen molar-refractivity contribution in [2.24, 2.45) is 0 Å². The van der Waals surface area contributed by atoms with Crippen molar-refractivity contribution in [1.82, 2.24) is 9.97 Å². The van der Waals surface area contributed by atoms with Crippen molar-refractivity contribution in [3.05, 3.63) is 46.9 Å². The number of nitrogens with one attached hydrogen (secondary N) is 1. The van der Waals surface area contributed by atoms with E-state index in [1.54, 1.807) is 24.3 Å². The number of benzene rings is 1. The van der Waals surface area contributed by atoms with E-state index in [-0.39, 0.29) is 16.7 Å². The van der Waals surface area contributed by atoms with Crippen molar-refractivity contribution >= 4 is 17.4 Å². The molecular formula is C13H11ClF3N3O. The van der Waals surface area contributed by atoms with E-state index < -0.39 is 12.0 Å². The molecule has 0 saturated heterocycles. The van der Waals surface area contributed by atoms with E-state index >= 15 is 0 Å². The molecule has 0 fully saturated rings. The zero-order chi connectivity index (χ0) is 15.5. The van der Waals surface area contributed by atoms with Crippen LogP contribution in [-0.2, 0) is 12.6 Å². The quantitative estimate of drug-likeness (QED) is 0.847. The number of hydrogen-bond donors (Lipinski definition) is 2. The molecule has 2 N–H and O–H groups in total. The summed E-state index contributed by atoms with van der Waals surface area (Å²) in [7, 11) is 0. The number of alkyl halides is 3. The predicted molar refractivity (Wildman–Crippen MR) is 72.3 cm³/mol. The van der Waals surface area contributed by atoms with Crippen LogP contribution in [0.5, 0.6) is 5.75 Å². The maximum Gasteiger partial charge on any atom is 0.451 e. The molecule has 0 aliphatic carbocycles. The Hall–Kier alpha value is -2.02. The third-order valence-corrected chi connectivity index (χ3v) is 2.80. The number of hydrogen-bond acceptors (Lipinski definition) is 4. The van der Waals surface area contributed by atoms with Crippen molar-refractivity contribution < 1.29 is 18.3 Å².